The molecule has 1 unspecified atom stereocenters. The van der Waals surface area contributed by atoms with Crippen molar-refractivity contribution in [3.05, 3.63) is 59.9 Å². The van der Waals surface area contributed by atoms with Gasteiger partial charge in [-0.25, -0.2) is 0 Å². The van der Waals surface area contributed by atoms with E-state index in [1.807, 2.05) is 30.3 Å². The van der Waals surface area contributed by atoms with Gasteiger partial charge in [0.25, 0.3) is 0 Å². The lowest BCUT2D eigenvalue weighted by Crippen LogP contribution is -2.38. The van der Waals surface area contributed by atoms with Crippen molar-refractivity contribution in [2.75, 3.05) is 7.11 Å². The minimum atomic E-state index is -0.871. The van der Waals surface area contributed by atoms with E-state index in [1.54, 1.807) is 25.4 Å². The summed E-state index contributed by atoms with van der Waals surface area (Å²) in [6, 6.07) is 13.0. The summed E-state index contributed by atoms with van der Waals surface area (Å²) in [5.41, 5.74) is 1.69. The number of amides is 1. The van der Waals surface area contributed by atoms with E-state index < -0.39 is 5.97 Å². The molecule has 0 bridgehead atoms. The highest BCUT2D eigenvalue weighted by Gasteiger charge is 2.15. The molecule has 0 spiro atoms. The van der Waals surface area contributed by atoms with E-state index >= 15 is 0 Å². The molecule has 0 radical (unpaired) electrons. The quantitative estimate of drug-likeness (QED) is 0.729. The van der Waals surface area contributed by atoms with E-state index in [2.05, 4.69) is 10.3 Å². The van der Waals surface area contributed by atoms with Crippen LogP contribution in [0.4, 0.5) is 0 Å². The summed E-state index contributed by atoms with van der Waals surface area (Å²) >= 11 is 0. The van der Waals surface area contributed by atoms with Crippen LogP contribution >= 0.6 is 0 Å². The summed E-state index contributed by atoms with van der Waals surface area (Å²) in [6.45, 7) is 0. The number of aliphatic carboxylic acids is 1. The highest BCUT2D eigenvalue weighted by atomic mass is 16.5. The third-order valence-corrected chi connectivity index (χ3v) is 3.77. The average molecular weight is 342 g/mol. The largest absolute Gasteiger partial charge is 0.495 e. The van der Waals surface area contributed by atoms with E-state index in [0.29, 0.717) is 24.3 Å². The van der Waals surface area contributed by atoms with E-state index in [9.17, 15) is 9.59 Å². The van der Waals surface area contributed by atoms with Gasteiger partial charge >= 0.3 is 5.97 Å². The van der Waals surface area contributed by atoms with Gasteiger partial charge in [0.05, 0.1) is 19.7 Å². The van der Waals surface area contributed by atoms with Gasteiger partial charge in [-0.2, -0.15) is 0 Å². The fourth-order valence-corrected chi connectivity index (χ4v) is 2.50. The average Bonchev–Trinajstić information content (AvgIpc) is 2.61. The number of ether oxygens (including phenoxy) is 1. The molecule has 6 heteroatoms. The molecule has 1 atom stereocenters. The number of aromatic nitrogens is 1. The van der Waals surface area contributed by atoms with E-state index in [4.69, 9.17) is 9.84 Å². The first-order chi connectivity index (χ1) is 12.1. The normalized spacial score (nSPS) is 11.6. The van der Waals surface area contributed by atoms with Crippen LogP contribution < -0.4 is 10.1 Å². The van der Waals surface area contributed by atoms with Crippen LogP contribution in [0.3, 0.4) is 0 Å². The molecule has 1 aromatic heterocycles. The zero-order chi connectivity index (χ0) is 18.1. The van der Waals surface area contributed by atoms with Gasteiger partial charge in [0.1, 0.15) is 5.75 Å². The summed E-state index contributed by atoms with van der Waals surface area (Å²) in [5.74, 6) is -0.416. The lowest BCUT2D eigenvalue weighted by Gasteiger charge is -2.18. The Labute approximate surface area is 146 Å². The minimum Gasteiger partial charge on any atom is -0.495 e. The first kappa shape index (κ1) is 18.4. The summed E-state index contributed by atoms with van der Waals surface area (Å²) in [6.07, 6.45) is 2.69. The first-order valence-corrected chi connectivity index (χ1v) is 8.11. The Morgan fingerprint density at radius 3 is 2.56 bits per heavy atom. The second kappa shape index (κ2) is 9.42. The fraction of sp³-hybridized carbons (Fsp3) is 0.316. The molecule has 1 aromatic carbocycles. The molecule has 1 amide bonds. The Bertz CT molecular complexity index is 686. The van der Waals surface area contributed by atoms with Crippen molar-refractivity contribution in [2.24, 2.45) is 0 Å². The molecular formula is C19H22N2O4. The summed E-state index contributed by atoms with van der Waals surface area (Å²) in [7, 11) is 1.56. The number of nitrogens with zero attached hydrogens (tertiary/aromatic N) is 1. The second-order valence-electron chi connectivity index (χ2n) is 5.75. The highest BCUT2D eigenvalue weighted by molar-refractivity contribution is 5.78. The van der Waals surface area contributed by atoms with Gasteiger partial charge in [-0.1, -0.05) is 30.3 Å². The van der Waals surface area contributed by atoms with Crippen LogP contribution in [0.25, 0.3) is 0 Å². The molecule has 2 rings (SSSR count). The second-order valence-corrected chi connectivity index (χ2v) is 5.75. The molecule has 0 aliphatic carbocycles. The molecule has 0 aliphatic rings. The maximum Gasteiger partial charge on any atom is 0.303 e. The smallest absolute Gasteiger partial charge is 0.303 e. The number of hydrogen-bond acceptors (Lipinski definition) is 4. The molecule has 2 N–H and O–H groups in total. The molecule has 25 heavy (non-hydrogen) atoms. The standard InChI is InChI=1S/C19H22N2O4/c1-25-17-9-7-15(20-13-17)12-18(22)21-16(8-10-19(23)24)11-14-5-3-2-4-6-14/h2-7,9,13,16H,8,10-12H2,1H3,(H,21,22)(H,23,24). The van der Waals surface area contributed by atoms with Crippen LogP contribution in [-0.2, 0) is 22.4 Å². The molecule has 0 aliphatic heterocycles. The third-order valence-electron chi connectivity index (χ3n) is 3.77. The minimum absolute atomic E-state index is 0.0125. The van der Waals surface area contributed by atoms with Gasteiger partial charge in [-0.3, -0.25) is 14.6 Å². The maximum absolute atomic E-state index is 12.3. The van der Waals surface area contributed by atoms with Crippen LogP contribution in [0, 0.1) is 0 Å². The van der Waals surface area contributed by atoms with Crippen molar-refractivity contribution in [1.82, 2.24) is 10.3 Å². The monoisotopic (exact) mass is 342 g/mol. The molecule has 1 heterocycles. The van der Waals surface area contributed by atoms with Crippen LogP contribution in [-0.4, -0.2) is 35.1 Å². The lowest BCUT2D eigenvalue weighted by atomic mass is 10.0. The molecule has 0 fully saturated rings. The number of pyridine rings is 1. The van der Waals surface area contributed by atoms with Crippen molar-refractivity contribution in [3.63, 3.8) is 0 Å². The van der Waals surface area contributed by atoms with Gasteiger partial charge in [0.15, 0.2) is 0 Å². The van der Waals surface area contributed by atoms with Gasteiger partial charge in [-0.15, -0.1) is 0 Å². The first-order valence-electron chi connectivity index (χ1n) is 8.11. The van der Waals surface area contributed by atoms with Crippen molar-refractivity contribution in [1.29, 1.82) is 0 Å². The SMILES string of the molecule is COc1ccc(CC(=O)NC(CCC(=O)O)Cc2ccccc2)nc1. The predicted molar refractivity (Wildman–Crippen MR) is 93.4 cm³/mol. The highest BCUT2D eigenvalue weighted by Crippen LogP contribution is 2.10. The number of rotatable bonds is 9. The Balaban J connectivity index is 1.95. The summed E-state index contributed by atoms with van der Waals surface area (Å²) in [5, 5.41) is 11.8. The van der Waals surface area contributed by atoms with E-state index in [-0.39, 0.29) is 24.8 Å². The van der Waals surface area contributed by atoms with Gasteiger partial charge < -0.3 is 15.2 Å². The molecule has 132 valence electrons. The van der Waals surface area contributed by atoms with Crippen LogP contribution in [0.1, 0.15) is 24.1 Å². The Morgan fingerprint density at radius 2 is 1.96 bits per heavy atom. The third kappa shape index (κ3) is 6.63. The van der Waals surface area contributed by atoms with E-state index in [1.165, 1.54) is 0 Å². The van der Waals surface area contributed by atoms with Crippen molar-refractivity contribution in [2.45, 2.75) is 31.7 Å². The van der Waals surface area contributed by atoms with E-state index in [0.717, 1.165) is 5.56 Å². The van der Waals surface area contributed by atoms with Crippen LogP contribution in [0.5, 0.6) is 5.75 Å². The zero-order valence-corrected chi connectivity index (χ0v) is 14.1. The van der Waals surface area contributed by atoms with Crippen molar-refractivity contribution >= 4 is 11.9 Å². The van der Waals surface area contributed by atoms with Crippen LogP contribution in [0.15, 0.2) is 48.7 Å². The number of hydrogen-bond donors (Lipinski definition) is 2. The number of nitrogens with one attached hydrogen (secondary N) is 1. The Hall–Kier alpha value is -2.89. The lowest BCUT2D eigenvalue weighted by molar-refractivity contribution is -0.137. The van der Waals surface area contributed by atoms with Gasteiger partial charge in [0.2, 0.25) is 5.91 Å². The molecule has 2 aromatic rings. The molecule has 0 saturated heterocycles. The van der Waals surface area contributed by atoms with Crippen molar-refractivity contribution in [3.8, 4) is 5.75 Å². The number of carboxylic acid groups (broad SMARTS) is 1. The number of carbonyl (C=O) groups is 2. The van der Waals surface area contributed by atoms with Gasteiger partial charge in [-0.05, 0) is 30.5 Å². The van der Waals surface area contributed by atoms with Crippen molar-refractivity contribution < 1.29 is 19.4 Å². The summed E-state index contributed by atoms with van der Waals surface area (Å²) < 4.78 is 5.04. The van der Waals surface area contributed by atoms with Gasteiger partial charge in [0, 0.05) is 18.2 Å². The number of methoxy groups -OCH3 is 1. The molecule has 0 saturated carbocycles. The zero-order valence-electron chi connectivity index (χ0n) is 14.1. The fourth-order valence-electron chi connectivity index (χ4n) is 2.50. The summed E-state index contributed by atoms with van der Waals surface area (Å²) in [4.78, 5) is 27.3. The molecule has 6 nitrogen and oxygen atoms in total. The predicted octanol–water partition coefficient (Wildman–Crippen LogP) is 2.22. The van der Waals surface area contributed by atoms with Crippen LogP contribution in [0.2, 0.25) is 0 Å². The topological polar surface area (TPSA) is 88.5 Å². The number of benzene rings is 1. The Morgan fingerprint density at radius 1 is 1.20 bits per heavy atom. The molecular weight excluding hydrogens is 320 g/mol. The number of carboxylic acids is 1. The maximum atomic E-state index is 12.3. The Kier molecular flexibility index (Phi) is 6.95. The number of carbonyl (C=O) groups excluding carboxylic acids is 1.